The number of benzene rings is 3. The van der Waals surface area contributed by atoms with Gasteiger partial charge in [-0.2, -0.15) is 0 Å². The number of pyridine rings is 1. The summed E-state index contributed by atoms with van der Waals surface area (Å²) in [6, 6.07) is 31.6. The van der Waals surface area contributed by atoms with Crippen molar-refractivity contribution < 1.29 is 14.3 Å². The summed E-state index contributed by atoms with van der Waals surface area (Å²) in [6.45, 7) is 1.69. The van der Waals surface area contributed by atoms with Crippen LogP contribution in [0.1, 0.15) is 33.6 Å². The lowest BCUT2D eigenvalue weighted by Crippen LogP contribution is -2.34. The second-order valence-corrected chi connectivity index (χ2v) is 8.59. The van der Waals surface area contributed by atoms with Gasteiger partial charge in [0.05, 0.1) is 7.11 Å². The van der Waals surface area contributed by atoms with E-state index in [-0.39, 0.29) is 5.91 Å². The quantitative estimate of drug-likeness (QED) is 0.250. The van der Waals surface area contributed by atoms with E-state index in [0.717, 1.165) is 24.1 Å². The minimum Gasteiger partial charge on any atom is -0.493 e. The summed E-state index contributed by atoms with van der Waals surface area (Å²) in [5.74, 6) is 1.14. The third kappa shape index (κ3) is 7.19. The molecule has 1 aromatic heterocycles. The number of amides is 1. The molecular formula is C31H32N2O3. The molecule has 1 heterocycles. The Bertz CT molecular complexity index is 1210. The Labute approximate surface area is 213 Å². The molecule has 4 rings (SSSR count). The van der Waals surface area contributed by atoms with Crippen LogP contribution in [0.3, 0.4) is 0 Å². The molecule has 184 valence electrons. The fourth-order valence-electron chi connectivity index (χ4n) is 4.07. The first kappa shape index (κ1) is 25.0. The summed E-state index contributed by atoms with van der Waals surface area (Å²) in [4.78, 5) is 19.9. The lowest BCUT2D eigenvalue weighted by atomic mass is 10.1. The highest BCUT2D eigenvalue weighted by molar-refractivity contribution is 5.95. The van der Waals surface area contributed by atoms with E-state index >= 15 is 0 Å². The number of rotatable bonds is 12. The number of aryl methyl sites for hydroxylation is 1. The lowest BCUT2D eigenvalue weighted by molar-refractivity contribution is 0.0754. The third-order valence-corrected chi connectivity index (χ3v) is 6.04. The summed E-state index contributed by atoms with van der Waals surface area (Å²) < 4.78 is 11.5. The number of methoxy groups -OCH3 is 1. The van der Waals surface area contributed by atoms with Gasteiger partial charge in [0, 0.05) is 37.0 Å². The maximum Gasteiger partial charge on any atom is 0.254 e. The third-order valence-electron chi connectivity index (χ3n) is 6.04. The molecule has 1 amide bonds. The van der Waals surface area contributed by atoms with Crippen molar-refractivity contribution in [2.24, 2.45) is 0 Å². The Morgan fingerprint density at radius 2 is 1.50 bits per heavy atom. The van der Waals surface area contributed by atoms with Crippen LogP contribution in [0.25, 0.3) is 0 Å². The molecule has 0 atom stereocenters. The topological polar surface area (TPSA) is 51.7 Å². The van der Waals surface area contributed by atoms with E-state index in [4.69, 9.17) is 9.47 Å². The highest BCUT2D eigenvalue weighted by atomic mass is 16.5. The average Bonchev–Trinajstić information content (AvgIpc) is 2.95. The Morgan fingerprint density at radius 3 is 2.19 bits per heavy atom. The van der Waals surface area contributed by atoms with Crippen LogP contribution in [-0.4, -0.2) is 36.0 Å². The van der Waals surface area contributed by atoms with Crippen molar-refractivity contribution in [1.82, 2.24) is 9.88 Å². The second kappa shape index (κ2) is 13.1. The SMILES string of the molecule is COc1cc(C(=O)N(CCCc2ccccc2)CCc2ccccn2)ccc1OCc1ccccc1. The predicted molar refractivity (Wildman–Crippen MR) is 142 cm³/mol. The Hall–Kier alpha value is -4.12. The van der Waals surface area contributed by atoms with Crippen LogP contribution in [0.5, 0.6) is 11.5 Å². The van der Waals surface area contributed by atoms with Gasteiger partial charge in [-0.1, -0.05) is 66.7 Å². The molecule has 0 radical (unpaired) electrons. The summed E-state index contributed by atoms with van der Waals surface area (Å²) in [7, 11) is 1.59. The maximum atomic E-state index is 13.6. The molecule has 4 aromatic rings. The fourth-order valence-corrected chi connectivity index (χ4v) is 4.07. The monoisotopic (exact) mass is 480 g/mol. The van der Waals surface area contributed by atoms with Gasteiger partial charge in [-0.15, -0.1) is 0 Å². The van der Waals surface area contributed by atoms with Crippen LogP contribution < -0.4 is 9.47 Å². The second-order valence-electron chi connectivity index (χ2n) is 8.59. The minimum absolute atomic E-state index is 0.0214. The van der Waals surface area contributed by atoms with Crippen molar-refractivity contribution in [1.29, 1.82) is 0 Å². The van der Waals surface area contributed by atoms with Gasteiger partial charge in [-0.05, 0) is 54.3 Å². The number of hydrogen-bond acceptors (Lipinski definition) is 4. The number of hydrogen-bond donors (Lipinski definition) is 0. The number of carbonyl (C=O) groups excluding carboxylic acids is 1. The summed E-state index contributed by atoms with van der Waals surface area (Å²) in [5.41, 5.74) is 3.90. The van der Waals surface area contributed by atoms with Gasteiger partial charge in [0.1, 0.15) is 6.61 Å². The molecule has 0 aliphatic rings. The molecule has 5 heteroatoms. The van der Waals surface area contributed by atoms with Crippen LogP contribution in [0, 0.1) is 0 Å². The molecule has 0 N–H and O–H groups in total. The first-order chi connectivity index (χ1) is 17.7. The van der Waals surface area contributed by atoms with Crippen LogP contribution in [0.15, 0.2) is 103 Å². The summed E-state index contributed by atoms with van der Waals surface area (Å²) in [6.07, 6.45) is 4.29. The normalized spacial score (nSPS) is 10.6. The molecule has 0 aliphatic heterocycles. The Balaban J connectivity index is 1.45. The Morgan fingerprint density at radius 1 is 0.778 bits per heavy atom. The van der Waals surface area contributed by atoms with Gasteiger partial charge in [-0.25, -0.2) is 0 Å². The maximum absolute atomic E-state index is 13.6. The zero-order valence-electron chi connectivity index (χ0n) is 20.7. The molecule has 0 saturated carbocycles. The van der Waals surface area contributed by atoms with Gasteiger partial charge in [0.15, 0.2) is 11.5 Å². The largest absolute Gasteiger partial charge is 0.493 e. The van der Waals surface area contributed by atoms with Crippen LogP contribution in [0.2, 0.25) is 0 Å². The Kier molecular flexibility index (Phi) is 9.09. The molecule has 0 aliphatic carbocycles. The van der Waals surface area contributed by atoms with Crippen LogP contribution in [-0.2, 0) is 19.4 Å². The van der Waals surface area contributed by atoms with Gasteiger partial charge in [-0.3, -0.25) is 9.78 Å². The smallest absolute Gasteiger partial charge is 0.254 e. The molecular weight excluding hydrogens is 448 g/mol. The van der Waals surface area contributed by atoms with Crippen LogP contribution >= 0.6 is 0 Å². The van der Waals surface area contributed by atoms with Crippen molar-refractivity contribution >= 4 is 5.91 Å². The van der Waals surface area contributed by atoms with Gasteiger partial charge < -0.3 is 14.4 Å². The van der Waals surface area contributed by atoms with E-state index in [1.165, 1.54) is 5.56 Å². The first-order valence-corrected chi connectivity index (χ1v) is 12.3. The van der Waals surface area contributed by atoms with Gasteiger partial charge in [0.25, 0.3) is 5.91 Å². The lowest BCUT2D eigenvalue weighted by Gasteiger charge is -2.23. The number of nitrogens with zero attached hydrogens (tertiary/aromatic N) is 2. The van der Waals surface area contributed by atoms with E-state index in [9.17, 15) is 4.79 Å². The van der Waals surface area contributed by atoms with Crippen molar-refractivity contribution in [3.8, 4) is 11.5 Å². The molecule has 0 unspecified atom stereocenters. The van der Waals surface area contributed by atoms with Crippen molar-refractivity contribution in [2.75, 3.05) is 20.2 Å². The zero-order chi connectivity index (χ0) is 25.0. The van der Waals surface area contributed by atoms with Crippen molar-refractivity contribution in [2.45, 2.75) is 25.9 Å². The van der Waals surface area contributed by atoms with Crippen molar-refractivity contribution in [3.63, 3.8) is 0 Å². The van der Waals surface area contributed by atoms with Crippen LogP contribution in [0.4, 0.5) is 0 Å². The molecule has 0 saturated heterocycles. The molecule has 0 fully saturated rings. The highest BCUT2D eigenvalue weighted by Gasteiger charge is 2.18. The zero-order valence-corrected chi connectivity index (χ0v) is 20.7. The number of aromatic nitrogens is 1. The summed E-state index contributed by atoms with van der Waals surface area (Å²) >= 11 is 0. The predicted octanol–water partition coefficient (Wildman–Crippen LogP) is 5.99. The average molecular weight is 481 g/mol. The van der Waals surface area contributed by atoms with Gasteiger partial charge >= 0.3 is 0 Å². The minimum atomic E-state index is -0.0214. The van der Waals surface area contributed by atoms with Gasteiger partial charge in [0.2, 0.25) is 0 Å². The highest BCUT2D eigenvalue weighted by Crippen LogP contribution is 2.29. The fraction of sp³-hybridized carbons (Fsp3) is 0.226. The molecule has 5 nitrogen and oxygen atoms in total. The number of carbonyl (C=O) groups is 1. The summed E-state index contributed by atoms with van der Waals surface area (Å²) in [5, 5.41) is 0. The molecule has 36 heavy (non-hydrogen) atoms. The molecule has 0 spiro atoms. The van der Waals surface area contributed by atoms with E-state index in [2.05, 4.69) is 17.1 Å². The van der Waals surface area contributed by atoms with E-state index in [1.54, 1.807) is 19.4 Å². The standard InChI is InChI=1S/C31H32N2O3/c1-35-30-23-27(17-18-29(30)36-24-26-13-6-3-7-14-26)31(34)33(22-19-28-16-8-9-20-32-28)21-10-15-25-11-4-2-5-12-25/h2-9,11-14,16-18,20,23H,10,15,19,21-22,24H2,1H3. The van der Waals surface area contributed by atoms with Crippen molar-refractivity contribution in [3.05, 3.63) is 126 Å². The first-order valence-electron chi connectivity index (χ1n) is 12.3. The molecule has 3 aromatic carbocycles. The van der Waals surface area contributed by atoms with E-state index < -0.39 is 0 Å². The van der Waals surface area contributed by atoms with E-state index in [0.29, 0.717) is 43.2 Å². The number of ether oxygens (including phenoxy) is 2. The molecule has 0 bridgehead atoms. The van der Waals surface area contributed by atoms with E-state index in [1.807, 2.05) is 83.8 Å².